The first-order chi connectivity index (χ1) is 15.5. The molecule has 1 saturated heterocycles. The van der Waals surface area contributed by atoms with Gasteiger partial charge in [-0.05, 0) is 32.0 Å². The number of hydrogen-bond acceptors (Lipinski definition) is 8. The van der Waals surface area contributed by atoms with Crippen LogP contribution in [0.2, 0.25) is 0 Å². The summed E-state index contributed by atoms with van der Waals surface area (Å²) in [6.45, 7) is 6.77. The zero-order valence-electron chi connectivity index (χ0n) is 18.2. The number of pyridine rings is 1. The van der Waals surface area contributed by atoms with Crippen LogP contribution in [0.1, 0.15) is 25.6 Å². The molecule has 0 radical (unpaired) electrons. The smallest absolute Gasteiger partial charge is 0.322 e. The van der Waals surface area contributed by atoms with Gasteiger partial charge in [0.15, 0.2) is 11.6 Å². The predicted molar refractivity (Wildman–Crippen MR) is 120 cm³/mol. The standard InChI is InChI=1S/C21H27N9O2/c1-15(2)30-13-17(12-25-30)27-21(31)29-10-8-28(9-11-29)19-18(4-3-6-23-19)32-14-16-5-7-24-20(22)26-16/h3-7,12-13,15H,8-11,14H2,1-2H3,(H,27,31)(H2,22,24,26). The molecule has 0 saturated carbocycles. The molecule has 32 heavy (non-hydrogen) atoms. The lowest BCUT2D eigenvalue weighted by Gasteiger charge is -2.35. The largest absolute Gasteiger partial charge is 0.483 e. The van der Waals surface area contributed by atoms with Crippen molar-refractivity contribution < 1.29 is 9.53 Å². The third kappa shape index (κ3) is 5.05. The summed E-state index contributed by atoms with van der Waals surface area (Å²) in [6.07, 6.45) is 6.83. The minimum Gasteiger partial charge on any atom is -0.483 e. The van der Waals surface area contributed by atoms with E-state index in [4.69, 9.17) is 10.5 Å². The Morgan fingerprint density at radius 2 is 2.00 bits per heavy atom. The Hall–Kier alpha value is -3.89. The summed E-state index contributed by atoms with van der Waals surface area (Å²) in [6, 6.07) is 5.57. The van der Waals surface area contributed by atoms with E-state index in [1.165, 1.54) is 0 Å². The number of amides is 2. The third-order valence-electron chi connectivity index (χ3n) is 5.11. The number of urea groups is 1. The van der Waals surface area contributed by atoms with Crippen molar-refractivity contribution >= 4 is 23.5 Å². The van der Waals surface area contributed by atoms with E-state index in [1.807, 2.05) is 36.9 Å². The van der Waals surface area contributed by atoms with E-state index in [2.05, 4.69) is 30.3 Å². The second kappa shape index (κ2) is 9.50. The molecule has 1 aliphatic rings. The van der Waals surface area contributed by atoms with Crippen LogP contribution in [-0.4, -0.2) is 61.8 Å². The van der Waals surface area contributed by atoms with Crippen LogP contribution in [0.4, 0.5) is 22.2 Å². The van der Waals surface area contributed by atoms with Crippen LogP contribution in [0.25, 0.3) is 0 Å². The monoisotopic (exact) mass is 437 g/mol. The number of nitrogens with two attached hydrogens (primary N) is 1. The van der Waals surface area contributed by atoms with Gasteiger partial charge in [0.05, 0.1) is 17.6 Å². The number of nitrogens with zero attached hydrogens (tertiary/aromatic N) is 7. The second-order valence-corrected chi connectivity index (χ2v) is 7.73. The lowest BCUT2D eigenvalue weighted by Crippen LogP contribution is -2.50. The molecular weight excluding hydrogens is 410 g/mol. The highest BCUT2D eigenvalue weighted by atomic mass is 16.5. The highest BCUT2D eigenvalue weighted by Crippen LogP contribution is 2.27. The van der Waals surface area contributed by atoms with Gasteiger partial charge in [-0.2, -0.15) is 5.10 Å². The van der Waals surface area contributed by atoms with Gasteiger partial charge in [-0.1, -0.05) is 0 Å². The van der Waals surface area contributed by atoms with Crippen LogP contribution in [0, 0.1) is 0 Å². The zero-order chi connectivity index (χ0) is 22.5. The molecule has 3 aromatic rings. The predicted octanol–water partition coefficient (Wildman–Crippen LogP) is 2.16. The topological polar surface area (TPSA) is 127 Å². The Balaban J connectivity index is 1.34. The maximum absolute atomic E-state index is 12.6. The number of aromatic nitrogens is 5. The van der Waals surface area contributed by atoms with Crippen molar-refractivity contribution in [2.24, 2.45) is 0 Å². The maximum atomic E-state index is 12.6. The first-order valence-corrected chi connectivity index (χ1v) is 10.5. The van der Waals surface area contributed by atoms with E-state index in [0.717, 1.165) is 5.82 Å². The summed E-state index contributed by atoms with van der Waals surface area (Å²) >= 11 is 0. The van der Waals surface area contributed by atoms with Crippen molar-refractivity contribution in [3.8, 4) is 5.75 Å². The van der Waals surface area contributed by atoms with E-state index in [9.17, 15) is 4.79 Å². The zero-order valence-corrected chi connectivity index (χ0v) is 18.2. The fraction of sp³-hybridized carbons (Fsp3) is 0.381. The SMILES string of the molecule is CC(C)n1cc(NC(=O)N2CCN(c3ncccc3OCc3ccnc(N)n3)CC2)cn1. The summed E-state index contributed by atoms with van der Waals surface area (Å²) in [4.78, 5) is 29.1. The molecule has 3 aromatic heterocycles. The van der Waals surface area contributed by atoms with Gasteiger partial charge in [0, 0.05) is 50.8 Å². The molecule has 0 bridgehead atoms. The van der Waals surface area contributed by atoms with Crippen molar-refractivity contribution in [3.63, 3.8) is 0 Å². The number of nitrogen functional groups attached to an aromatic ring is 1. The highest BCUT2D eigenvalue weighted by molar-refractivity contribution is 5.89. The fourth-order valence-corrected chi connectivity index (χ4v) is 3.39. The lowest BCUT2D eigenvalue weighted by molar-refractivity contribution is 0.208. The van der Waals surface area contributed by atoms with Gasteiger partial charge in [0.1, 0.15) is 6.61 Å². The number of rotatable bonds is 6. The van der Waals surface area contributed by atoms with Crippen molar-refractivity contribution in [2.75, 3.05) is 42.1 Å². The summed E-state index contributed by atoms with van der Waals surface area (Å²) in [5.41, 5.74) is 7.02. The molecule has 168 valence electrons. The van der Waals surface area contributed by atoms with Gasteiger partial charge >= 0.3 is 6.03 Å². The van der Waals surface area contributed by atoms with E-state index in [1.54, 1.807) is 29.6 Å². The summed E-state index contributed by atoms with van der Waals surface area (Å²) < 4.78 is 7.77. The number of ether oxygens (including phenoxy) is 1. The van der Waals surface area contributed by atoms with Gasteiger partial charge in [0.25, 0.3) is 0 Å². The fourth-order valence-electron chi connectivity index (χ4n) is 3.39. The Labute approximate surface area is 186 Å². The van der Waals surface area contributed by atoms with E-state index in [-0.39, 0.29) is 24.6 Å². The van der Waals surface area contributed by atoms with Gasteiger partial charge in [-0.25, -0.2) is 19.7 Å². The second-order valence-electron chi connectivity index (χ2n) is 7.73. The van der Waals surface area contributed by atoms with E-state index < -0.39 is 0 Å². The number of carbonyl (C=O) groups is 1. The van der Waals surface area contributed by atoms with Crippen LogP contribution in [0.5, 0.6) is 5.75 Å². The third-order valence-corrected chi connectivity index (χ3v) is 5.11. The van der Waals surface area contributed by atoms with Gasteiger partial charge in [-0.3, -0.25) is 4.68 Å². The maximum Gasteiger partial charge on any atom is 0.322 e. The number of carbonyl (C=O) groups excluding carboxylic acids is 1. The molecule has 3 N–H and O–H groups in total. The molecule has 2 amide bonds. The summed E-state index contributed by atoms with van der Waals surface area (Å²) in [5, 5.41) is 7.18. The molecule has 11 heteroatoms. The van der Waals surface area contributed by atoms with Crippen LogP contribution in [0.3, 0.4) is 0 Å². The molecule has 0 atom stereocenters. The Morgan fingerprint density at radius 3 is 2.72 bits per heavy atom. The van der Waals surface area contributed by atoms with E-state index in [0.29, 0.717) is 43.3 Å². The normalized spacial score (nSPS) is 14.0. The number of anilines is 3. The molecule has 4 heterocycles. The van der Waals surface area contributed by atoms with Crippen molar-refractivity contribution in [3.05, 3.63) is 48.7 Å². The first-order valence-electron chi connectivity index (χ1n) is 10.5. The lowest BCUT2D eigenvalue weighted by atomic mass is 10.3. The molecule has 11 nitrogen and oxygen atoms in total. The molecule has 1 aliphatic heterocycles. The number of hydrogen-bond donors (Lipinski definition) is 2. The quantitative estimate of drug-likeness (QED) is 0.601. The molecule has 0 unspecified atom stereocenters. The molecule has 0 aromatic carbocycles. The van der Waals surface area contributed by atoms with Crippen molar-refractivity contribution in [2.45, 2.75) is 26.5 Å². The minimum atomic E-state index is -0.133. The average molecular weight is 438 g/mol. The van der Waals surface area contributed by atoms with Gasteiger partial charge < -0.3 is 25.6 Å². The Morgan fingerprint density at radius 1 is 1.19 bits per heavy atom. The first kappa shape index (κ1) is 21.3. The molecule has 4 rings (SSSR count). The van der Waals surface area contributed by atoms with Crippen molar-refractivity contribution in [1.29, 1.82) is 0 Å². The van der Waals surface area contributed by atoms with Gasteiger partial charge in [-0.15, -0.1) is 0 Å². The number of nitrogens with one attached hydrogen (secondary N) is 1. The van der Waals surface area contributed by atoms with Crippen molar-refractivity contribution in [1.82, 2.24) is 29.6 Å². The summed E-state index contributed by atoms with van der Waals surface area (Å²) in [7, 11) is 0. The Bertz CT molecular complexity index is 1060. The van der Waals surface area contributed by atoms with Crippen LogP contribution in [-0.2, 0) is 6.61 Å². The molecule has 0 spiro atoms. The van der Waals surface area contributed by atoms with E-state index >= 15 is 0 Å². The highest BCUT2D eigenvalue weighted by Gasteiger charge is 2.24. The van der Waals surface area contributed by atoms with Gasteiger partial charge in [0.2, 0.25) is 5.95 Å². The Kier molecular flexibility index (Phi) is 6.34. The number of piperazine rings is 1. The van der Waals surface area contributed by atoms with Crippen LogP contribution >= 0.6 is 0 Å². The molecule has 0 aliphatic carbocycles. The molecule has 1 fully saturated rings. The van der Waals surface area contributed by atoms with Crippen LogP contribution in [0.15, 0.2) is 43.0 Å². The minimum absolute atomic E-state index is 0.133. The average Bonchev–Trinajstić information content (AvgIpc) is 3.27. The molecular formula is C21H27N9O2. The van der Waals surface area contributed by atoms with Crippen LogP contribution < -0.4 is 20.7 Å². The summed E-state index contributed by atoms with van der Waals surface area (Å²) in [5.74, 6) is 1.61.